The van der Waals surface area contributed by atoms with E-state index in [4.69, 9.17) is 9.47 Å². The highest BCUT2D eigenvalue weighted by atomic mass is 16.5. The second-order valence-corrected chi connectivity index (χ2v) is 6.76. The predicted molar refractivity (Wildman–Crippen MR) is 116 cm³/mol. The molecule has 0 saturated carbocycles. The number of fused-ring (bicyclic) bond motifs is 1. The highest BCUT2D eigenvalue weighted by Gasteiger charge is 2.07. The molecule has 30 heavy (non-hydrogen) atoms. The van der Waals surface area contributed by atoms with E-state index in [1.165, 1.54) is 7.11 Å². The summed E-state index contributed by atoms with van der Waals surface area (Å²) in [4.78, 5) is 20.5. The Balaban J connectivity index is 1.42. The number of aromatic nitrogens is 2. The van der Waals surface area contributed by atoms with Gasteiger partial charge in [0, 0.05) is 11.1 Å². The monoisotopic (exact) mass is 399 g/mol. The van der Waals surface area contributed by atoms with Gasteiger partial charge in [0.1, 0.15) is 24.0 Å². The Morgan fingerprint density at radius 3 is 2.40 bits per heavy atom. The van der Waals surface area contributed by atoms with Gasteiger partial charge < -0.3 is 14.8 Å². The number of rotatable bonds is 6. The summed E-state index contributed by atoms with van der Waals surface area (Å²) in [6.45, 7) is 2.29. The minimum atomic E-state index is -0.350. The third-order valence-corrected chi connectivity index (χ3v) is 4.61. The zero-order chi connectivity index (χ0) is 20.9. The smallest absolute Gasteiger partial charge is 0.337 e. The van der Waals surface area contributed by atoms with Crippen molar-refractivity contribution < 1.29 is 14.3 Å². The molecule has 4 aromatic rings. The average molecular weight is 399 g/mol. The molecule has 0 aliphatic carbocycles. The number of carbonyl (C=O) groups excluding carboxylic acids is 1. The first-order valence-corrected chi connectivity index (χ1v) is 9.53. The molecule has 6 nitrogen and oxygen atoms in total. The van der Waals surface area contributed by atoms with Crippen molar-refractivity contribution in [1.29, 1.82) is 0 Å². The van der Waals surface area contributed by atoms with E-state index in [0.29, 0.717) is 12.2 Å². The number of nitrogens with zero attached hydrogens (tertiary/aromatic N) is 2. The van der Waals surface area contributed by atoms with Crippen LogP contribution in [-0.4, -0.2) is 23.0 Å². The van der Waals surface area contributed by atoms with Gasteiger partial charge in [-0.1, -0.05) is 24.3 Å². The molecule has 0 amide bonds. The lowest BCUT2D eigenvalue weighted by atomic mass is 10.1. The first-order valence-electron chi connectivity index (χ1n) is 9.53. The van der Waals surface area contributed by atoms with E-state index in [2.05, 4.69) is 15.3 Å². The minimum Gasteiger partial charge on any atom is -0.489 e. The van der Waals surface area contributed by atoms with Crippen molar-refractivity contribution in [2.45, 2.75) is 13.5 Å². The van der Waals surface area contributed by atoms with E-state index < -0.39 is 0 Å². The van der Waals surface area contributed by atoms with Gasteiger partial charge in [0.2, 0.25) is 0 Å². The van der Waals surface area contributed by atoms with Crippen molar-refractivity contribution in [3.8, 4) is 5.75 Å². The van der Waals surface area contributed by atoms with Crippen molar-refractivity contribution in [1.82, 2.24) is 9.97 Å². The maximum absolute atomic E-state index is 11.5. The van der Waals surface area contributed by atoms with Gasteiger partial charge in [0.25, 0.3) is 0 Å². The SMILES string of the molecule is COC(=O)c1ccc(COc2ccc(Nc3nc(C)nc4ccccc34)cc2)cc1. The number of hydrogen-bond acceptors (Lipinski definition) is 6. The van der Waals surface area contributed by atoms with Crippen LogP contribution in [0.3, 0.4) is 0 Å². The number of para-hydroxylation sites is 1. The van der Waals surface area contributed by atoms with E-state index >= 15 is 0 Å². The number of benzene rings is 3. The molecule has 0 radical (unpaired) electrons. The average Bonchev–Trinajstić information content (AvgIpc) is 2.78. The lowest BCUT2D eigenvalue weighted by molar-refractivity contribution is 0.0600. The Labute approximate surface area is 174 Å². The number of ether oxygens (including phenoxy) is 2. The van der Waals surface area contributed by atoms with E-state index in [1.54, 1.807) is 12.1 Å². The molecule has 0 unspecified atom stereocenters. The van der Waals surface area contributed by atoms with E-state index in [0.717, 1.165) is 39.5 Å². The van der Waals surface area contributed by atoms with Gasteiger partial charge in [0.05, 0.1) is 18.2 Å². The fraction of sp³-hybridized carbons (Fsp3) is 0.125. The molecule has 0 aliphatic rings. The van der Waals surface area contributed by atoms with Gasteiger partial charge in [-0.05, 0) is 61.0 Å². The summed E-state index contributed by atoms with van der Waals surface area (Å²) < 4.78 is 10.5. The van der Waals surface area contributed by atoms with Gasteiger partial charge in [0.15, 0.2) is 0 Å². The van der Waals surface area contributed by atoms with E-state index in [-0.39, 0.29) is 5.97 Å². The quantitative estimate of drug-likeness (QED) is 0.458. The van der Waals surface area contributed by atoms with Crippen molar-refractivity contribution in [3.05, 3.63) is 89.7 Å². The molecule has 1 N–H and O–H groups in total. The molecular formula is C24H21N3O3. The fourth-order valence-corrected chi connectivity index (χ4v) is 3.08. The third kappa shape index (κ3) is 4.38. The van der Waals surface area contributed by atoms with Gasteiger partial charge in [-0.15, -0.1) is 0 Å². The molecule has 1 heterocycles. The van der Waals surface area contributed by atoms with Crippen molar-refractivity contribution >= 4 is 28.4 Å². The highest BCUT2D eigenvalue weighted by Crippen LogP contribution is 2.25. The molecule has 1 aromatic heterocycles. The summed E-state index contributed by atoms with van der Waals surface area (Å²) in [5, 5.41) is 4.33. The second-order valence-electron chi connectivity index (χ2n) is 6.76. The maximum atomic E-state index is 11.5. The van der Waals surface area contributed by atoms with E-state index in [9.17, 15) is 4.79 Å². The number of carbonyl (C=O) groups is 1. The number of anilines is 2. The summed E-state index contributed by atoms with van der Waals surface area (Å²) in [5.41, 5.74) is 3.30. The summed E-state index contributed by atoms with van der Waals surface area (Å²) in [7, 11) is 1.37. The van der Waals surface area contributed by atoms with Gasteiger partial charge in [-0.3, -0.25) is 0 Å². The van der Waals surface area contributed by atoms with Crippen molar-refractivity contribution in [3.63, 3.8) is 0 Å². The van der Waals surface area contributed by atoms with Crippen LogP contribution in [0.15, 0.2) is 72.8 Å². The molecule has 3 aromatic carbocycles. The van der Waals surface area contributed by atoms with Crippen LogP contribution in [0.1, 0.15) is 21.7 Å². The molecule has 0 bridgehead atoms. The van der Waals surface area contributed by atoms with Gasteiger partial charge >= 0.3 is 5.97 Å². The zero-order valence-corrected chi connectivity index (χ0v) is 16.8. The largest absolute Gasteiger partial charge is 0.489 e. The molecular weight excluding hydrogens is 378 g/mol. The molecule has 0 saturated heterocycles. The third-order valence-electron chi connectivity index (χ3n) is 4.61. The summed E-state index contributed by atoms with van der Waals surface area (Å²) in [6.07, 6.45) is 0. The Hall–Kier alpha value is -3.93. The molecule has 4 rings (SSSR count). The normalized spacial score (nSPS) is 10.6. The van der Waals surface area contributed by atoms with Crippen molar-refractivity contribution in [2.75, 3.05) is 12.4 Å². The molecule has 0 fully saturated rings. The topological polar surface area (TPSA) is 73.3 Å². The fourth-order valence-electron chi connectivity index (χ4n) is 3.08. The Morgan fingerprint density at radius 2 is 1.67 bits per heavy atom. The van der Waals surface area contributed by atoms with Crippen LogP contribution in [0, 0.1) is 6.92 Å². The summed E-state index contributed by atoms with van der Waals surface area (Å²) in [5.74, 6) is 1.89. The lowest BCUT2D eigenvalue weighted by Crippen LogP contribution is -2.02. The standard InChI is InChI=1S/C24H21N3O3/c1-16-25-22-6-4-3-5-21(22)23(26-16)27-19-11-13-20(14-12-19)30-15-17-7-9-18(10-8-17)24(28)29-2/h3-14H,15H2,1-2H3,(H,25,26,27). The number of esters is 1. The predicted octanol–water partition coefficient (Wildman–Crippen LogP) is 5.05. The summed E-state index contributed by atoms with van der Waals surface area (Å²) >= 11 is 0. The molecule has 0 atom stereocenters. The van der Waals surface area contributed by atoms with Gasteiger partial charge in [-0.25, -0.2) is 14.8 Å². The number of hydrogen-bond donors (Lipinski definition) is 1. The molecule has 0 aliphatic heterocycles. The molecule has 6 heteroatoms. The molecule has 150 valence electrons. The van der Waals surface area contributed by atoms with Crippen LogP contribution < -0.4 is 10.1 Å². The van der Waals surface area contributed by atoms with Crippen LogP contribution in [0.4, 0.5) is 11.5 Å². The molecule has 0 spiro atoms. The van der Waals surface area contributed by atoms with Crippen LogP contribution in [0.2, 0.25) is 0 Å². The Kier molecular flexibility index (Phi) is 5.57. The van der Waals surface area contributed by atoms with Crippen LogP contribution in [0.5, 0.6) is 5.75 Å². The Morgan fingerprint density at radius 1 is 0.933 bits per heavy atom. The van der Waals surface area contributed by atoms with Crippen LogP contribution >= 0.6 is 0 Å². The first-order chi connectivity index (χ1) is 14.6. The number of aryl methyl sites for hydroxylation is 1. The highest BCUT2D eigenvalue weighted by molar-refractivity contribution is 5.91. The number of methoxy groups -OCH3 is 1. The van der Waals surface area contributed by atoms with Gasteiger partial charge in [-0.2, -0.15) is 0 Å². The minimum absolute atomic E-state index is 0.350. The summed E-state index contributed by atoms with van der Waals surface area (Å²) in [6, 6.07) is 22.8. The number of nitrogens with one attached hydrogen (secondary N) is 1. The van der Waals surface area contributed by atoms with Crippen LogP contribution in [0.25, 0.3) is 10.9 Å². The lowest BCUT2D eigenvalue weighted by Gasteiger charge is -2.11. The van der Waals surface area contributed by atoms with Crippen molar-refractivity contribution in [2.24, 2.45) is 0 Å². The zero-order valence-electron chi connectivity index (χ0n) is 16.8. The van der Waals surface area contributed by atoms with E-state index in [1.807, 2.05) is 67.6 Å². The Bertz CT molecular complexity index is 1170. The second kappa shape index (κ2) is 8.61. The van der Waals surface area contributed by atoms with Crippen LogP contribution in [-0.2, 0) is 11.3 Å². The maximum Gasteiger partial charge on any atom is 0.337 e. The first kappa shape index (κ1) is 19.4.